The fraction of sp³-hybridized carbons (Fsp3) is 0.0847. The van der Waals surface area contributed by atoms with Crippen LogP contribution in [0.2, 0.25) is 0 Å². The second kappa shape index (κ2) is 14.7. The van der Waals surface area contributed by atoms with Crippen molar-refractivity contribution in [1.29, 1.82) is 0 Å². The molecule has 9 aromatic rings. The monoisotopic (exact) mass is 752 g/mol. The van der Waals surface area contributed by atoms with Crippen LogP contribution >= 0.6 is 0 Å². The van der Waals surface area contributed by atoms with E-state index in [1.54, 1.807) is 0 Å². The fourth-order valence-electron chi connectivity index (χ4n) is 10.6. The Morgan fingerprint density at radius 2 is 0.898 bits per heavy atom. The Hall–Kier alpha value is -7.02. The molecule has 0 fully saturated rings. The molecule has 0 saturated carbocycles. The predicted octanol–water partition coefficient (Wildman–Crippen LogP) is 14.6. The van der Waals surface area contributed by atoms with Crippen LogP contribution in [0.3, 0.4) is 0 Å². The van der Waals surface area contributed by atoms with Crippen molar-refractivity contribution in [2.75, 3.05) is 0 Å². The van der Waals surface area contributed by atoms with Gasteiger partial charge < -0.3 is 0 Å². The van der Waals surface area contributed by atoms with Gasteiger partial charge in [0.05, 0.1) is 0 Å². The molecule has 0 nitrogen and oxygen atoms in total. The molecule has 0 heterocycles. The lowest BCUT2D eigenvalue weighted by atomic mass is 9.55. The van der Waals surface area contributed by atoms with Crippen LogP contribution in [0.25, 0.3) is 39.1 Å². The minimum absolute atomic E-state index is 0.00834. The molecule has 11 rings (SSSR count). The Morgan fingerprint density at radius 3 is 1.47 bits per heavy atom. The van der Waals surface area contributed by atoms with Crippen molar-refractivity contribution < 1.29 is 0 Å². The molecule has 280 valence electrons. The van der Waals surface area contributed by atoms with Crippen molar-refractivity contribution in [2.24, 2.45) is 0 Å². The van der Waals surface area contributed by atoms with Crippen LogP contribution in [0.15, 0.2) is 224 Å². The lowest BCUT2D eigenvalue weighted by Crippen LogP contribution is -2.40. The fourth-order valence-corrected chi connectivity index (χ4v) is 10.6. The SMILES string of the molecule is C1=CC(C(c2ccccc2)(c2ccccc2)C2c3cc(Cc4ccccc4)ccc3-c3ccc(Cc4ccccc4)cc32)c2c1cccc2-c1ccc2ccccc2c1. The van der Waals surface area contributed by atoms with E-state index < -0.39 is 5.41 Å². The van der Waals surface area contributed by atoms with Crippen molar-refractivity contribution >= 4 is 16.8 Å². The first kappa shape index (κ1) is 35.2. The smallest absolute Gasteiger partial charge is 0.0415 e. The third kappa shape index (κ3) is 6.07. The Morgan fingerprint density at radius 1 is 0.373 bits per heavy atom. The van der Waals surface area contributed by atoms with E-state index in [4.69, 9.17) is 0 Å². The molecule has 0 saturated heterocycles. The number of rotatable bonds is 9. The Bertz CT molecular complexity index is 2850. The van der Waals surface area contributed by atoms with E-state index >= 15 is 0 Å². The molecule has 0 radical (unpaired) electrons. The molecular formula is C59H44. The highest BCUT2D eigenvalue weighted by molar-refractivity contribution is 5.90. The number of fused-ring (bicyclic) bond motifs is 5. The van der Waals surface area contributed by atoms with Crippen LogP contribution in [0.1, 0.15) is 67.5 Å². The normalized spacial score (nSPS) is 14.3. The maximum absolute atomic E-state index is 2.55. The molecule has 0 spiro atoms. The quantitative estimate of drug-likeness (QED) is 0.138. The van der Waals surface area contributed by atoms with Crippen molar-refractivity contribution in [3.63, 3.8) is 0 Å². The number of hydrogen-bond donors (Lipinski definition) is 0. The maximum Gasteiger partial charge on any atom is 0.0415 e. The lowest BCUT2D eigenvalue weighted by Gasteiger charge is -2.46. The van der Waals surface area contributed by atoms with Crippen molar-refractivity contribution in [2.45, 2.75) is 30.1 Å². The minimum Gasteiger partial charge on any atom is -0.0751 e. The van der Waals surface area contributed by atoms with Crippen LogP contribution in [0.4, 0.5) is 0 Å². The van der Waals surface area contributed by atoms with Gasteiger partial charge in [0.1, 0.15) is 0 Å². The van der Waals surface area contributed by atoms with Crippen LogP contribution in [-0.4, -0.2) is 0 Å². The van der Waals surface area contributed by atoms with Crippen molar-refractivity contribution in [1.82, 2.24) is 0 Å². The molecule has 1 atom stereocenters. The topological polar surface area (TPSA) is 0 Å². The van der Waals surface area contributed by atoms with Crippen molar-refractivity contribution in [3.8, 4) is 22.3 Å². The van der Waals surface area contributed by atoms with Gasteiger partial charge in [-0.05, 0) is 108 Å². The molecule has 0 aliphatic heterocycles. The zero-order valence-corrected chi connectivity index (χ0v) is 33.0. The van der Waals surface area contributed by atoms with Crippen LogP contribution < -0.4 is 0 Å². The number of hydrogen-bond acceptors (Lipinski definition) is 0. The summed E-state index contributed by atoms with van der Waals surface area (Å²) in [5, 5.41) is 2.52. The van der Waals surface area contributed by atoms with E-state index in [0.29, 0.717) is 0 Å². The molecule has 2 aliphatic rings. The molecule has 2 aliphatic carbocycles. The molecule has 0 heteroatoms. The summed E-state index contributed by atoms with van der Waals surface area (Å²) in [5.74, 6) is 0.0262. The average Bonchev–Trinajstić information content (AvgIpc) is 3.88. The van der Waals surface area contributed by atoms with Gasteiger partial charge in [0.2, 0.25) is 0 Å². The summed E-state index contributed by atoms with van der Waals surface area (Å²) < 4.78 is 0. The van der Waals surface area contributed by atoms with Gasteiger partial charge in [0.15, 0.2) is 0 Å². The van der Waals surface area contributed by atoms with E-state index in [-0.39, 0.29) is 11.8 Å². The first-order valence-corrected chi connectivity index (χ1v) is 21.0. The van der Waals surface area contributed by atoms with Crippen LogP contribution in [-0.2, 0) is 18.3 Å². The Labute approximate surface area is 347 Å². The van der Waals surface area contributed by atoms with E-state index in [9.17, 15) is 0 Å². The first-order chi connectivity index (χ1) is 29.2. The second-order valence-corrected chi connectivity index (χ2v) is 16.4. The van der Waals surface area contributed by atoms with E-state index in [0.717, 1.165) is 12.8 Å². The number of benzene rings is 9. The summed E-state index contributed by atoms with van der Waals surface area (Å²) in [5.41, 5.74) is 18.2. The predicted molar refractivity (Wildman–Crippen MR) is 247 cm³/mol. The van der Waals surface area contributed by atoms with Gasteiger partial charge in [-0.1, -0.05) is 224 Å². The molecule has 0 aromatic heterocycles. The van der Waals surface area contributed by atoms with Crippen LogP contribution in [0.5, 0.6) is 0 Å². The van der Waals surface area contributed by atoms with Gasteiger partial charge in [0, 0.05) is 17.3 Å². The van der Waals surface area contributed by atoms with Gasteiger partial charge in [-0.25, -0.2) is 0 Å². The highest BCUT2D eigenvalue weighted by Crippen LogP contribution is 2.64. The summed E-state index contributed by atoms with van der Waals surface area (Å²) in [6.07, 6.45) is 6.71. The molecule has 59 heavy (non-hydrogen) atoms. The molecule has 9 aromatic carbocycles. The molecule has 0 amide bonds. The summed E-state index contributed by atoms with van der Waals surface area (Å²) >= 11 is 0. The van der Waals surface area contributed by atoms with E-state index in [2.05, 4.69) is 231 Å². The largest absolute Gasteiger partial charge is 0.0751 e. The zero-order chi connectivity index (χ0) is 39.2. The van der Waals surface area contributed by atoms with Crippen molar-refractivity contribution in [3.05, 3.63) is 280 Å². The van der Waals surface area contributed by atoms with Crippen LogP contribution in [0, 0.1) is 0 Å². The highest BCUT2D eigenvalue weighted by atomic mass is 14.5. The third-order valence-corrected chi connectivity index (χ3v) is 13.1. The van der Waals surface area contributed by atoms with Gasteiger partial charge in [-0.3, -0.25) is 0 Å². The zero-order valence-electron chi connectivity index (χ0n) is 33.0. The van der Waals surface area contributed by atoms with E-state index in [1.807, 2.05) is 0 Å². The van der Waals surface area contributed by atoms with Gasteiger partial charge >= 0.3 is 0 Å². The standard InChI is InChI=1S/C59H44/c1-5-16-41(17-6-1)36-43-28-33-52-53-34-29-44(37-42-18-7-2-8-19-42)39-55(53)58(54(52)38-43)59(49-23-9-3-10-24-49,50-25-11-4-12-26-50)56-35-32-46-22-15-27-51(57(46)56)48-31-30-45-20-13-14-21-47(45)40-48/h1-35,38-40,56,58H,36-37H2. The highest BCUT2D eigenvalue weighted by Gasteiger charge is 2.54. The summed E-state index contributed by atoms with van der Waals surface area (Å²) in [6, 6.07) is 82.1. The second-order valence-electron chi connectivity index (χ2n) is 16.4. The average molecular weight is 753 g/mol. The number of allylic oxidation sites excluding steroid dienone is 1. The third-order valence-electron chi connectivity index (χ3n) is 13.1. The van der Waals surface area contributed by atoms with Gasteiger partial charge in [0.25, 0.3) is 0 Å². The summed E-state index contributed by atoms with van der Waals surface area (Å²) in [7, 11) is 0. The molecule has 0 N–H and O–H groups in total. The minimum atomic E-state index is -0.520. The maximum atomic E-state index is 2.55. The Balaban J connectivity index is 1.20. The summed E-state index contributed by atoms with van der Waals surface area (Å²) in [6.45, 7) is 0. The lowest BCUT2D eigenvalue weighted by molar-refractivity contribution is 0.417. The molecule has 1 unspecified atom stereocenters. The molecule has 0 bridgehead atoms. The Kier molecular flexibility index (Phi) is 8.78. The van der Waals surface area contributed by atoms with E-state index in [1.165, 1.54) is 88.7 Å². The van der Waals surface area contributed by atoms with Gasteiger partial charge in [-0.2, -0.15) is 0 Å². The first-order valence-electron chi connectivity index (χ1n) is 21.0. The van der Waals surface area contributed by atoms with Gasteiger partial charge in [-0.15, -0.1) is 0 Å². The summed E-state index contributed by atoms with van der Waals surface area (Å²) in [4.78, 5) is 0. The molecular weight excluding hydrogens is 709 g/mol.